The Morgan fingerprint density at radius 2 is 2.05 bits per heavy atom. The molecule has 1 aromatic rings. The van der Waals surface area contributed by atoms with E-state index in [4.69, 9.17) is 11.6 Å². The summed E-state index contributed by atoms with van der Waals surface area (Å²) in [6, 6.07) is 8.43. The average Bonchev–Trinajstić information content (AvgIpc) is 2.48. The number of hydrogen-bond donors (Lipinski definition) is 0. The Kier molecular flexibility index (Phi) is 6.34. The first kappa shape index (κ1) is 15.8. The molecule has 0 bridgehead atoms. The van der Waals surface area contributed by atoms with Crippen molar-refractivity contribution in [1.82, 2.24) is 9.80 Å². The molecule has 0 saturated carbocycles. The highest BCUT2D eigenvalue weighted by atomic mass is 35.5. The van der Waals surface area contributed by atoms with Gasteiger partial charge in [-0.1, -0.05) is 30.7 Å². The molecular formula is C17H27ClN2. The van der Waals surface area contributed by atoms with E-state index in [2.05, 4.69) is 35.9 Å². The summed E-state index contributed by atoms with van der Waals surface area (Å²) in [7, 11) is 2.20. The fourth-order valence-electron chi connectivity index (χ4n) is 2.99. The van der Waals surface area contributed by atoms with Gasteiger partial charge in [-0.3, -0.25) is 0 Å². The normalized spacial score (nSPS) is 20.5. The van der Waals surface area contributed by atoms with Gasteiger partial charge < -0.3 is 9.80 Å². The van der Waals surface area contributed by atoms with Crippen molar-refractivity contribution in [1.29, 1.82) is 0 Å². The minimum absolute atomic E-state index is 0.685. The molecule has 112 valence electrons. The zero-order valence-corrected chi connectivity index (χ0v) is 13.6. The zero-order chi connectivity index (χ0) is 14.4. The Bertz CT molecular complexity index is 390. The lowest BCUT2D eigenvalue weighted by molar-refractivity contribution is 0.196. The number of piperidine rings is 1. The van der Waals surface area contributed by atoms with Crippen LogP contribution in [0.25, 0.3) is 0 Å². The lowest BCUT2D eigenvalue weighted by Gasteiger charge is -2.33. The molecule has 1 aromatic carbocycles. The van der Waals surface area contributed by atoms with Crippen molar-refractivity contribution < 1.29 is 0 Å². The summed E-state index contributed by atoms with van der Waals surface area (Å²) in [4.78, 5) is 5.02. The first-order valence-electron chi connectivity index (χ1n) is 7.85. The van der Waals surface area contributed by atoms with Crippen LogP contribution in [0, 0.1) is 0 Å². The van der Waals surface area contributed by atoms with Crippen LogP contribution >= 0.6 is 11.6 Å². The first-order valence-corrected chi connectivity index (χ1v) is 8.23. The van der Waals surface area contributed by atoms with Crippen molar-refractivity contribution in [2.24, 2.45) is 0 Å². The van der Waals surface area contributed by atoms with E-state index in [-0.39, 0.29) is 0 Å². The molecule has 1 saturated heterocycles. The smallest absolute Gasteiger partial charge is 0.0406 e. The third-order valence-corrected chi connectivity index (χ3v) is 4.65. The summed E-state index contributed by atoms with van der Waals surface area (Å²) in [5.41, 5.74) is 1.45. The quantitative estimate of drug-likeness (QED) is 0.786. The molecule has 20 heavy (non-hydrogen) atoms. The molecule has 0 radical (unpaired) electrons. The highest BCUT2D eigenvalue weighted by Crippen LogP contribution is 2.27. The predicted octanol–water partition coefficient (Wildman–Crippen LogP) is 3.86. The van der Waals surface area contributed by atoms with Crippen LogP contribution < -0.4 is 0 Å². The van der Waals surface area contributed by atoms with E-state index in [0.29, 0.717) is 5.92 Å². The molecule has 0 aliphatic carbocycles. The molecule has 0 amide bonds. The molecule has 1 unspecified atom stereocenters. The fourth-order valence-corrected chi connectivity index (χ4v) is 3.11. The van der Waals surface area contributed by atoms with E-state index in [9.17, 15) is 0 Å². The third-order valence-electron chi connectivity index (χ3n) is 4.40. The minimum Gasteiger partial charge on any atom is -0.307 e. The van der Waals surface area contributed by atoms with Crippen molar-refractivity contribution in [2.75, 3.05) is 39.8 Å². The predicted molar refractivity (Wildman–Crippen MR) is 87.7 cm³/mol. The summed E-state index contributed by atoms with van der Waals surface area (Å²) in [5.74, 6) is 0.685. The molecule has 3 heteroatoms. The van der Waals surface area contributed by atoms with E-state index in [1.807, 2.05) is 12.1 Å². The van der Waals surface area contributed by atoms with Gasteiger partial charge in [-0.25, -0.2) is 0 Å². The number of hydrogen-bond acceptors (Lipinski definition) is 2. The van der Waals surface area contributed by atoms with Crippen LogP contribution in [-0.2, 0) is 0 Å². The zero-order valence-electron chi connectivity index (χ0n) is 12.8. The van der Waals surface area contributed by atoms with Crippen molar-refractivity contribution in [3.8, 4) is 0 Å². The number of halogens is 1. The van der Waals surface area contributed by atoms with Gasteiger partial charge in [0.15, 0.2) is 0 Å². The molecule has 1 heterocycles. The van der Waals surface area contributed by atoms with Gasteiger partial charge in [-0.05, 0) is 76.1 Å². The molecule has 1 aliphatic heterocycles. The molecule has 2 nitrogen and oxygen atoms in total. The van der Waals surface area contributed by atoms with Gasteiger partial charge in [0.25, 0.3) is 0 Å². The maximum atomic E-state index is 5.98. The summed E-state index contributed by atoms with van der Waals surface area (Å²) < 4.78 is 0. The summed E-state index contributed by atoms with van der Waals surface area (Å²) in [6.07, 6.45) is 3.90. The van der Waals surface area contributed by atoms with Crippen LogP contribution in [0.3, 0.4) is 0 Å². The Labute approximate surface area is 128 Å². The van der Waals surface area contributed by atoms with Crippen LogP contribution in [-0.4, -0.2) is 49.6 Å². The van der Waals surface area contributed by atoms with Gasteiger partial charge in [-0.15, -0.1) is 0 Å². The van der Waals surface area contributed by atoms with E-state index >= 15 is 0 Å². The highest BCUT2D eigenvalue weighted by molar-refractivity contribution is 6.30. The van der Waals surface area contributed by atoms with Gasteiger partial charge >= 0.3 is 0 Å². The van der Waals surface area contributed by atoms with Crippen LogP contribution in [0.4, 0.5) is 0 Å². The molecule has 0 aromatic heterocycles. The minimum atomic E-state index is 0.685. The molecule has 1 fully saturated rings. The average molecular weight is 295 g/mol. The van der Waals surface area contributed by atoms with Crippen molar-refractivity contribution in [3.63, 3.8) is 0 Å². The topological polar surface area (TPSA) is 6.48 Å². The Balaban J connectivity index is 1.81. The van der Waals surface area contributed by atoms with Gasteiger partial charge in [0.2, 0.25) is 0 Å². The number of benzene rings is 1. The lowest BCUT2D eigenvalue weighted by Crippen LogP contribution is -2.36. The van der Waals surface area contributed by atoms with Crippen LogP contribution in [0.1, 0.15) is 37.7 Å². The van der Waals surface area contributed by atoms with Crippen molar-refractivity contribution in [3.05, 3.63) is 34.9 Å². The molecule has 0 spiro atoms. The number of nitrogens with zero attached hydrogens (tertiary/aromatic N) is 2. The molecule has 1 aliphatic rings. The van der Waals surface area contributed by atoms with Crippen LogP contribution in [0.15, 0.2) is 24.3 Å². The van der Waals surface area contributed by atoms with E-state index in [0.717, 1.165) is 11.6 Å². The van der Waals surface area contributed by atoms with Crippen molar-refractivity contribution >= 4 is 11.6 Å². The van der Waals surface area contributed by atoms with Crippen LogP contribution in [0.2, 0.25) is 5.02 Å². The largest absolute Gasteiger partial charge is 0.307 e. The molecule has 0 N–H and O–H groups in total. The Morgan fingerprint density at radius 1 is 1.30 bits per heavy atom. The molecule has 2 rings (SSSR count). The second-order valence-corrected chi connectivity index (χ2v) is 6.38. The van der Waals surface area contributed by atoms with Crippen molar-refractivity contribution in [2.45, 2.75) is 32.1 Å². The Morgan fingerprint density at radius 3 is 2.75 bits per heavy atom. The van der Waals surface area contributed by atoms with E-state index in [1.165, 1.54) is 51.0 Å². The first-order chi connectivity index (χ1) is 9.69. The second kappa shape index (κ2) is 8.02. The number of likely N-dealkylation sites (tertiary alicyclic amines) is 1. The SMILES string of the molecule is CCN(C)CCCN1CCCC(c2ccc(Cl)cc2)C1. The maximum absolute atomic E-state index is 5.98. The Hall–Kier alpha value is -0.570. The summed E-state index contributed by atoms with van der Waals surface area (Å²) >= 11 is 5.98. The van der Waals surface area contributed by atoms with Gasteiger partial charge in [0.1, 0.15) is 0 Å². The summed E-state index contributed by atoms with van der Waals surface area (Å²) in [5, 5.41) is 0.837. The summed E-state index contributed by atoms with van der Waals surface area (Å²) in [6.45, 7) is 8.27. The fraction of sp³-hybridized carbons (Fsp3) is 0.647. The number of rotatable bonds is 6. The standard InChI is InChI=1S/C17H27ClN2/c1-3-19(2)11-5-13-20-12-4-6-16(14-20)15-7-9-17(18)10-8-15/h7-10,16H,3-6,11-14H2,1-2H3. The molecular weight excluding hydrogens is 268 g/mol. The maximum Gasteiger partial charge on any atom is 0.0406 e. The molecule has 1 atom stereocenters. The van der Waals surface area contributed by atoms with E-state index in [1.54, 1.807) is 0 Å². The van der Waals surface area contributed by atoms with Crippen LogP contribution in [0.5, 0.6) is 0 Å². The van der Waals surface area contributed by atoms with Gasteiger partial charge in [-0.2, -0.15) is 0 Å². The lowest BCUT2D eigenvalue weighted by atomic mass is 9.90. The van der Waals surface area contributed by atoms with Gasteiger partial charge in [0.05, 0.1) is 0 Å². The van der Waals surface area contributed by atoms with Gasteiger partial charge in [0, 0.05) is 11.6 Å². The van der Waals surface area contributed by atoms with E-state index < -0.39 is 0 Å². The second-order valence-electron chi connectivity index (χ2n) is 5.94. The third kappa shape index (κ3) is 4.76. The monoisotopic (exact) mass is 294 g/mol. The highest BCUT2D eigenvalue weighted by Gasteiger charge is 2.20.